The number of hydrogen-bond acceptors (Lipinski definition) is 1. The summed E-state index contributed by atoms with van der Waals surface area (Å²) >= 11 is 11.3. The van der Waals surface area contributed by atoms with Gasteiger partial charge in [0.2, 0.25) is 0 Å². The first-order valence-corrected chi connectivity index (χ1v) is 7.31. The van der Waals surface area contributed by atoms with Gasteiger partial charge in [0.25, 0.3) is 0 Å². The van der Waals surface area contributed by atoms with Crippen molar-refractivity contribution in [3.63, 3.8) is 0 Å². The zero-order valence-corrected chi connectivity index (χ0v) is 13.1. The van der Waals surface area contributed by atoms with E-state index < -0.39 is 0 Å². The molecule has 20 heavy (non-hydrogen) atoms. The molecule has 2 nitrogen and oxygen atoms in total. The van der Waals surface area contributed by atoms with Gasteiger partial charge >= 0.3 is 0 Å². The molecule has 0 saturated heterocycles. The summed E-state index contributed by atoms with van der Waals surface area (Å²) in [4.78, 5) is 0. The van der Waals surface area contributed by atoms with E-state index in [0.29, 0.717) is 10.1 Å². The number of nitrogens with one attached hydrogen (secondary N) is 2. The molecule has 2 N–H and O–H groups in total. The van der Waals surface area contributed by atoms with Crippen LogP contribution in [0.2, 0.25) is 5.02 Å². The second kappa shape index (κ2) is 6.73. The van der Waals surface area contributed by atoms with Crippen LogP contribution in [0.1, 0.15) is 18.1 Å². The molecule has 0 aromatic heterocycles. The molecule has 0 radical (unpaired) electrons. The van der Waals surface area contributed by atoms with E-state index in [-0.39, 0.29) is 0 Å². The van der Waals surface area contributed by atoms with Crippen molar-refractivity contribution in [2.24, 2.45) is 0 Å². The molecular formula is C16H17ClN2S. The standard InChI is InChI=1S/C16H17ClN2S/c1-3-12-7-4-6-11(2)15(12)19-16(20)18-14-9-5-8-13(17)10-14/h4-10H,3H2,1-2H3,(H2,18,19,20). The lowest BCUT2D eigenvalue weighted by molar-refractivity contribution is 1.13. The Morgan fingerprint density at radius 1 is 1.15 bits per heavy atom. The molecule has 0 fully saturated rings. The quantitative estimate of drug-likeness (QED) is 0.779. The minimum Gasteiger partial charge on any atom is -0.332 e. The van der Waals surface area contributed by atoms with Crippen molar-refractivity contribution in [2.75, 3.05) is 10.6 Å². The summed E-state index contributed by atoms with van der Waals surface area (Å²) in [6.07, 6.45) is 0.962. The lowest BCUT2D eigenvalue weighted by Gasteiger charge is -2.16. The second-order valence-corrected chi connectivity index (χ2v) is 5.40. The maximum absolute atomic E-state index is 5.96. The van der Waals surface area contributed by atoms with E-state index >= 15 is 0 Å². The highest BCUT2D eigenvalue weighted by atomic mass is 35.5. The monoisotopic (exact) mass is 304 g/mol. The first-order valence-electron chi connectivity index (χ1n) is 6.52. The van der Waals surface area contributed by atoms with Crippen molar-refractivity contribution < 1.29 is 0 Å². The molecule has 0 bridgehead atoms. The Morgan fingerprint density at radius 2 is 1.90 bits per heavy atom. The van der Waals surface area contributed by atoms with Gasteiger partial charge in [-0.3, -0.25) is 0 Å². The highest BCUT2D eigenvalue weighted by Gasteiger charge is 2.06. The van der Waals surface area contributed by atoms with Gasteiger partial charge in [0.05, 0.1) is 0 Å². The van der Waals surface area contributed by atoms with E-state index in [9.17, 15) is 0 Å². The first-order chi connectivity index (χ1) is 9.60. The highest BCUT2D eigenvalue weighted by molar-refractivity contribution is 7.80. The summed E-state index contributed by atoms with van der Waals surface area (Å²) < 4.78 is 0. The zero-order chi connectivity index (χ0) is 14.5. The van der Waals surface area contributed by atoms with Crippen LogP contribution in [0.25, 0.3) is 0 Å². The van der Waals surface area contributed by atoms with Crippen molar-refractivity contribution >= 4 is 40.3 Å². The smallest absolute Gasteiger partial charge is 0.175 e. The molecule has 0 atom stereocenters. The number of para-hydroxylation sites is 1. The molecular weight excluding hydrogens is 288 g/mol. The van der Waals surface area contributed by atoms with E-state index in [1.807, 2.05) is 24.3 Å². The van der Waals surface area contributed by atoms with Crippen LogP contribution in [0.4, 0.5) is 11.4 Å². The van der Waals surface area contributed by atoms with Gasteiger partial charge in [-0.25, -0.2) is 0 Å². The molecule has 0 aliphatic heterocycles. The van der Waals surface area contributed by atoms with Crippen LogP contribution >= 0.6 is 23.8 Å². The Bertz CT molecular complexity index is 626. The maximum Gasteiger partial charge on any atom is 0.175 e. The summed E-state index contributed by atoms with van der Waals surface area (Å²) in [5.74, 6) is 0. The van der Waals surface area contributed by atoms with E-state index in [1.165, 1.54) is 11.1 Å². The van der Waals surface area contributed by atoms with Gasteiger partial charge in [0.1, 0.15) is 0 Å². The Labute approximate surface area is 130 Å². The third kappa shape index (κ3) is 3.71. The number of benzene rings is 2. The van der Waals surface area contributed by atoms with E-state index in [1.54, 1.807) is 0 Å². The van der Waals surface area contributed by atoms with E-state index in [4.69, 9.17) is 23.8 Å². The number of halogens is 1. The fourth-order valence-corrected chi connectivity index (χ4v) is 2.45. The average molecular weight is 305 g/mol. The maximum atomic E-state index is 5.96. The van der Waals surface area contributed by atoms with Crippen LogP contribution in [0.5, 0.6) is 0 Å². The number of aryl methyl sites for hydroxylation is 2. The Morgan fingerprint density at radius 3 is 2.60 bits per heavy atom. The van der Waals surface area contributed by atoms with Crippen LogP contribution in [0.3, 0.4) is 0 Å². The Hall–Kier alpha value is -1.58. The predicted molar refractivity (Wildman–Crippen MR) is 91.9 cm³/mol. The van der Waals surface area contributed by atoms with Crippen LogP contribution in [-0.2, 0) is 6.42 Å². The van der Waals surface area contributed by atoms with Gasteiger partial charge in [-0.15, -0.1) is 0 Å². The molecule has 0 aliphatic rings. The van der Waals surface area contributed by atoms with Crippen molar-refractivity contribution in [1.82, 2.24) is 0 Å². The average Bonchev–Trinajstić information content (AvgIpc) is 2.41. The second-order valence-electron chi connectivity index (χ2n) is 4.55. The van der Waals surface area contributed by atoms with Gasteiger partial charge in [-0.2, -0.15) is 0 Å². The van der Waals surface area contributed by atoms with Crippen LogP contribution in [0.15, 0.2) is 42.5 Å². The van der Waals surface area contributed by atoms with Crippen molar-refractivity contribution in [2.45, 2.75) is 20.3 Å². The van der Waals surface area contributed by atoms with E-state index in [2.05, 4.69) is 42.7 Å². The van der Waals surface area contributed by atoms with Gasteiger partial charge in [0, 0.05) is 16.4 Å². The van der Waals surface area contributed by atoms with Gasteiger partial charge in [-0.1, -0.05) is 42.8 Å². The third-order valence-corrected chi connectivity index (χ3v) is 3.50. The van der Waals surface area contributed by atoms with Gasteiger partial charge in [0.15, 0.2) is 5.11 Å². The molecule has 104 valence electrons. The van der Waals surface area contributed by atoms with Crippen molar-refractivity contribution in [3.05, 3.63) is 58.6 Å². The SMILES string of the molecule is CCc1cccc(C)c1NC(=S)Nc1cccc(Cl)c1. The molecule has 0 aliphatic carbocycles. The lowest BCUT2D eigenvalue weighted by Crippen LogP contribution is -2.20. The number of hydrogen-bond donors (Lipinski definition) is 2. The summed E-state index contributed by atoms with van der Waals surface area (Å²) in [5, 5.41) is 7.67. The lowest BCUT2D eigenvalue weighted by atomic mass is 10.1. The van der Waals surface area contributed by atoms with Crippen molar-refractivity contribution in [1.29, 1.82) is 0 Å². The number of rotatable bonds is 3. The number of anilines is 2. The Kier molecular flexibility index (Phi) is 4.99. The van der Waals surface area contributed by atoms with Crippen LogP contribution in [0, 0.1) is 6.92 Å². The van der Waals surface area contributed by atoms with Gasteiger partial charge < -0.3 is 10.6 Å². The summed E-state index contributed by atoms with van der Waals surface area (Å²) in [5.41, 5.74) is 4.39. The molecule has 0 amide bonds. The molecule has 2 aromatic carbocycles. The minimum atomic E-state index is 0.566. The highest BCUT2D eigenvalue weighted by Crippen LogP contribution is 2.22. The van der Waals surface area contributed by atoms with Crippen LogP contribution in [-0.4, -0.2) is 5.11 Å². The van der Waals surface area contributed by atoms with Crippen molar-refractivity contribution in [3.8, 4) is 0 Å². The Balaban J connectivity index is 2.12. The summed E-state index contributed by atoms with van der Waals surface area (Å²) in [7, 11) is 0. The fraction of sp³-hybridized carbons (Fsp3) is 0.188. The molecule has 0 heterocycles. The molecule has 2 rings (SSSR count). The normalized spacial score (nSPS) is 10.2. The molecule has 0 saturated carbocycles. The van der Waals surface area contributed by atoms with E-state index in [0.717, 1.165) is 17.8 Å². The first kappa shape index (κ1) is 14.8. The molecule has 4 heteroatoms. The zero-order valence-electron chi connectivity index (χ0n) is 11.5. The largest absolute Gasteiger partial charge is 0.332 e. The summed E-state index contributed by atoms with van der Waals surface area (Å²) in [6.45, 7) is 4.21. The third-order valence-electron chi connectivity index (χ3n) is 3.06. The minimum absolute atomic E-state index is 0.566. The molecule has 0 spiro atoms. The molecule has 2 aromatic rings. The van der Waals surface area contributed by atoms with Gasteiger partial charge in [-0.05, 0) is 54.9 Å². The molecule has 0 unspecified atom stereocenters. The number of thiocarbonyl (C=S) groups is 1. The predicted octanol–water partition coefficient (Wildman–Crippen LogP) is 5.02. The van der Waals surface area contributed by atoms with Crippen LogP contribution < -0.4 is 10.6 Å². The topological polar surface area (TPSA) is 24.1 Å². The summed E-state index contributed by atoms with van der Waals surface area (Å²) in [6, 6.07) is 13.7. The fourth-order valence-electron chi connectivity index (χ4n) is 2.04.